The number of carbonyl (C=O) groups excluding carboxylic acids is 1. The highest BCUT2D eigenvalue weighted by Gasteiger charge is 2.28. The van der Waals surface area contributed by atoms with Gasteiger partial charge in [-0.05, 0) is 37.0 Å². The minimum Gasteiger partial charge on any atom is -0.350 e. The fourth-order valence-corrected chi connectivity index (χ4v) is 1.91. The molecule has 0 bridgehead atoms. The minimum atomic E-state index is -0.519. The summed E-state index contributed by atoms with van der Waals surface area (Å²) in [5.74, 6) is -0.344. The second kappa shape index (κ2) is 5.02. The first kappa shape index (κ1) is 12.3. The zero-order valence-corrected chi connectivity index (χ0v) is 10.0. The van der Waals surface area contributed by atoms with Gasteiger partial charge in [-0.3, -0.25) is 4.79 Å². The van der Waals surface area contributed by atoms with E-state index in [1.807, 2.05) is 0 Å². The molecule has 0 aliphatic heterocycles. The van der Waals surface area contributed by atoms with Crippen LogP contribution in [-0.2, 0) is 0 Å². The Morgan fingerprint density at radius 1 is 1.53 bits per heavy atom. The number of nitrogens with one attached hydrogen (secondary N) is 1. The summed E-state index contributed by atoms with van der Waals surface area (Å²) in [4.78, 5) is 11.7. The van der Waals surface area contributed by atoms with E-state index < -0.39 is 5.82 Å². The van der Waals surface area contributed by atoms with Gasteiger partial charge in [0.15, 0.2) is 0 Å². The van der Waals surface area contributed by atoms with Crippen LogP contribution in [0.15, 0.2) is 18.2 Å². The number of benzene rings is 1. The molecule has 2 rings (SSSR count). The molecular formula is C12H14ClFN2O. The van der Waals surface area contributed by atoms with Crippen LogP contribution in [-0.4, -0.2) is 18.5 Å². The fraction of sp³-hybridized carbons (Fsp3) is 0.417. The van der Waals surface area contributed by atoms with Gasteiger partial charge in [-0.25, -0.2) is 4.39 Å². The van der Waals surface area contributed by atoms with Crippen molar-refractivity contribution in [2.75, 3.05) is 6.54 Å². The van der Waals surface area contributed by atoms with Crippen molar-refractivity contribution < 1.29 is 9.18 Å². The predicted molar refractivity (Wildman–Crippen MR) is 64.4 cm³/mol. The normalized spacial score (nSPS) is 16.6. The molecule has 0 aromatic heterocycles. The third kappa shape index (κ3) is 3.41. The van der Waals surface area contributed by atoms with Gasteiger partial charge in [0.1, 0.15) is 5.82 Å². The second-order valence-corrected chi connectivity index (χ2v) is 4.81. The number of rotatable bonds is 4. The first-order valence-corrected chi connectivity index (χ1v) is 5.94. The molecule has 1 unspecified atom stereocenters. The molecule has 1 aromatic rings. The van der Waals surface area contributed by atoms with Gasteiger partial charge in [0.2, 0.25) is 0 Å². The van der Waals surface area contributed by atoms with E-state index in [9.17, 15) is 9.18 Å². The maximum Gasteiger partial charge on any atom is 0.251 e. The molecule has 1 aromatic carbocycles. The van der Waals surface area contributed by atoms with Crippen LogP contribution in [0.25, 0.3) is 0 Å². The summed E-state index contributed by atoms with van der Waals surface area (Å²) in [7, 11) is 0. The van der Waals surface area contributed by atoms with E-state index in [1.54, 1.807) is 0 Å². The van der Waals surface area contributed by atoms with Crippen LogP contribution >= 0.6 is 11.6 Å². The quantitative estimate of drug-likeness (QED) is 0.865. The summed E-state index contributed by atoms with van der Waals surface area (Å²) in [5, 5.41) is 2.90. The van der Waals surface area contributed by atoms with Gasteiger partial charge in [-0.2, -0.15) is 0 Å². The zero-order chi connectivity index (χ0) is 12.4. The molecular weight excluding hydrogens is 243 g/mol. The summed E-state index contributed by atoms with van der Waals surface area (Å²) in [6.45, 7) is 0.414. The summed E-state index contributed by atoms with van der Waals surface area (Å²) < 4.78 is 13.0. The van der Waals surface area contributed by atoms with Crippen LogP contribution in [0.5, 0.6) is 0 Å². The highest BCUT2D eigenvalue weighted by molar-refractivity contribution is 6.31. The molecule has 0 heterocycles. The average Bonchev–Trinajstić information content (AvgIpc) is 3.07. The van der Waals surface area contributed by atoms with Gasteiger partial charge in [-0.15, -0.1) is 0 Å². The lowest BCUT2D eigenvalue weighted by molar-refractivity contribution is 0.0950. The van der Waals surface area contributed by atoms with E-state index in [-0.39, 0.29) is 22.5 Å². The molecule has 0 spiro atoms. The zero-order valence-electron chi connectivity index (χ0n) is 9.25. The maximum atomic E-state index is 13.0. The lowest BCUT2D eigenvalue weighted by Gasteiger charge is -2.11. The van der Waals surface area contributed by atoms with Crippen LogP contribution in [0.1, 0.15) is 23.2 Å². The molecule has 3 N–H and O–H groups in total. The number of nitrogens with two attached hydrogens (primary N) is 1. The molecule has 1 saturated carbocycles. The van der Waals surface area contributed by atoms with Crippen molar-refractivity contribution in [1.82, 2.24) is 5.32 Å². The average molecular weight is 257 g/mol. The molecule has 1 aliphatic carbocycles. The Morgan fingerprint density at radius 2 is 2.24 bits per heavy atom. The van der Waals surface area contributed by atoms with Gasteiger partial charge in [0, 0.05) is 23.2 Å². The lowest BCUT2D eigenvalue weighted by Crippen LogP contribution is -2.38. The van der Waals surface area contributed by atoms with E-state index in [0.717, 1.165) is 25.0 Å². The molecule has 0 saturated heterocycles. The van der Waals surface area contributed by atoms with Crippen molar-refractivity contribution in [3.63, 3.8) is 0 Å². The third-order valence-electron chi connectivity index (χ3n) is 2.85. The van der Waals surface area contributed by atoms with E-state index in [2.05, 4.69) is 5.32 Å². The van der Waals surface area contributed by atoms with E-state index >= 15 is 0 Å². The van der Waals surface area contributed by atoms with Gasteiger partial charge >= 0.3 is 0 Å². The molecule has 1 fully saturated rings. The molecule has 1 atom stereocenters. The highest BCUT2D eigenvalue weighted by Crippen LogP contribution is 2.31. The highest BCUT2D eigenvalue weighted by atomic mass is 35.5. The molecule has 0 radical (unpaired) electrons. The summed E-state index contributed by atoms with van der Waals surface area (Å²) in [6, 6.07) is 3.74. The van der Waals surface area contributed by atoms with Gasteiger partial charge in [0.25, 0.3) is 5.91 Å². The second-order valence-electron chi connectivity index (χ2n) is 4.37. The summed E-state index contributed by atoms with van der Waals surface area (Å²) in [5.41, 5.74) is 6.07. The van der Waals surface area contributed by atoms with Crippen LogP contribution in [0.3, 0.4) is 0 Å². The van der Waals surface area contributed by atoms with Crippen molar-refractivity contribution in [1.29, 1.82) is 0 Å². The van der Waals surface area contributed by atoms with Crippen LogP contribution < -0.4 is 11.1 Å². The standard InChI is InChI=1S/C12H14ClFN2O/c13-9-3-8(4-10(14)5-9)12(17)16-6-11(15)7-1-2-7/h3-5,7,11H,1-2,6,15H2,(H,16,17). The fourth-order valence-electron chi connectivity index (χ4n) is 1.69. The van der Waals surface area contributed by atoms with Gasteiger partial charge < -0.3 is 11.1 Å². The smallest absolute Gasteiger partial charge is 0.251 e. The first-order valence-electron chi connectivity index (χ1n) is 5.56. The third-order valence-corrected chi connectivity index (χ3v) is 3.07. The first-order chi connectivity index (χ1) is 8.06. The predicted octanol–water partition coefficient (Wildman–Crippen LogP) is 1.95. The summed E-state index contributed by atoms with van der Waals surface area (Å²) >= 11 is 5.67. The molecule has 5 heteroatoms. The number of halogens is 2. The molecule has 1 aliphatic rings. The van der Waals surface area contributed by atoms with Crippen LogP contribution in [0.2, 0.25) is 5.02 Å². The number of carbonyl (C=O) groups is 1. The van der Waals surface area contributed by atoms with Crippen molar-refractivity contribution in [2.24, 2.45) is 11.7 Å². The minimum absolute atomic E-state index is 0.0111. The van der Waals surface area contributed by atoms with Crippen molar-refractivity contribution in [2.45, 2.75) is 18.9 Å². The van der Waals surface area contributed by atoms with Crippen molar-refractivity contribution in [3.8, 4) is 0 Å². The Kier molecular flexibility index (Phi) is 3.64. The maximum absolute atomic E-state index is 13.0. The molecule has 1 amide bonds. The van der Waals surface area contributed by atoms with E-state index in [0.29, 0.717) is 12.5 Å². The summed E-state index contributed by atoms with van der Waals surface area (Å²) in [6.07, 6.45) is 2.26. The van der Waals surface area contributed by atoms with Gasteiger partial charge in [0.05, 0.1) is 0 Å². The monoisotopic (exact) mass is 256 g/mol. The molecule has 17 heavy (non-hydrogen) atoms. The largest absolute Gasteiger partial charge is 0.350 e. The Bertz CT molecular complexity index is 414. The molecule has 3 nitrogen and oxygen atoms in total. The van der Waals surface area contributed by atoms with Crippen LogP contribution in [0, 0.1) is 11.7 Å². The Hall–Kier alpha value is -1.13. The van der Waals surface area contributed by atoms with Crippen molar-refractivity contribution >= 4 is 17.5 Å². The Labute approximate surface area is 104 Å². The number of hydrogen-bond acceptors (Lipinski definition) is 2. The Balaban J connectivity index is 1.94. The van der Waals surface area contributed by atoms with E-state index in [1.165, 1.54) is 6.07 Å². The SMILES string of the molecule is NC(CNC(=O)c1cc(F)cc(Cl)c1)C1CC1. The number of hydrogen-bond donors (Lipinski definition) is 2. The Morgan fingerprint density at radius 3 is 2.82 bits per heavy atom. The van der Waals surface area contributed by atoms with E-state index in [4.69, 9.17) is 17.3 Å². The lowest BCUT2D eigenvalue weighted by atomic mass is 10.1. The van der Waals surface area contributed by atoms with Gasteiger partial charge in [-0.1, -0.05) is 11.6 Å². The van der Waals surface area contributed by atoms with Crippen molar-refractivity contribution in [3.05, 3.63) is 34.6 Å². The van der Waals surface area contributed by atoms with Crippen LogP contribution in [0.4, 0.5) is 4.39 Å². The molecule has 92 valence electrons. The number of amides is 1. The topological polar surface area (TPSA) is 55.1 Å².